The molecule has 0 heterocycles. The topological polar surface area (TPSA) is 55.4 Å². The van der Waals surface area contributed by atoms with Crippen molar-refractivity contribution in [1.29, 1.82) is 0 Å². The molecule has 4 nitrogen and oxygen atoms in total. The van der Waals surface area contributed by atoms with Crippen LogP contribution in [0.25, 0.3) is 0 Å². The molecule has 1 saturated carbocycles. The molecular formula is C33H39NO3. The SMILES string of the molecule is Cc1cccc(C)c1NC(C(=O)O[C@@H](CCCC(=O)c1ccccc1)C1CCCCC1)c1ccccc1. The van der Waals surface area contributed by atoms with E-state index in [9.17, 15) is 9.59 Å². The lowest BCUT2D eigenvalue weighted by atomic mass is 9.83. The van der Waals surface area contributed by atoms with Crippen LogP contribution in [0.5, 0.6) is 0 Å². The lowest BCUT2D eigenvalue weighted by Gasteiger charge is -2.32. The van der Waals surface area contributed by atoms with Crippen molar-refractivity contribution in [2.24, 2.45) is 5.92 Å². The van der Waals surface area contributed by atoms with Crippen molar-refractivity contribution in [3.05, 3.63) is 101 Å². The van der Waals surface area contributed by atoms with E-state index in [1.165, 1.54) is 19.3 Å². The third-order valence-corrected chi connectivity index (χ3v) is 7.57. The van der Waals surface area contributed by atoms with Crippen molar-refractivity contribution in [3.8, 4) is 0 Å². The summed E-state index contributed by atoms with van der Waals surface area (Å²) in [5.74, 6) is 0.244. The Bertz CT molecular complexity index is 1130. The molecule has 1 N–H and O–H groups in total. The molecular weight excluding hydrogens is 458 g/mol. The smallest absolute Gasteiger partial charge is 0.333 e. The Labute approximate surface area is 221 Å². The Kier molecular flexibility index (Phi) is 9.53. The maximum atomic E-state index is 13.8. The summed E-state index contributed by atoms with van der Waals surface area (Å²) in [6.45, 7) is 4.11. The molecule has 194 valence electrons. The molecule has 0 radical (unpaired) electrons. The van der Waals surface area contributed by atoms with Crippen molar-refractivity contribution in [3.63, 3.8) is 0 Å². The Balaban J connectivity index is 1.50. The molecule has 0 aromatic heterocycles. The molecule has 1 fully saturated rings. The Morgan fingerprint density at radius 2 is 1.46 bits per heavy atom. The first-order valence-electron chi connectivity index (χ1n) is 13.7. The molecule has 0 bridgehead atoms. The maximum absolute atomic E-state index is 13.8. The molecule has 3 aromatic carbocycles. The summed E-state index contributed by atoms with van der Waals surface area (Å²) in [6, 6.07) is 24.8. The second-order valence-corrected chi connectivity index (χ2v) is 10.3. The van der Waals surface area contributed by atoms with Crippen LogP contribution in [-0.4, -0.2) is 17.9 Å². The summed E-state index contributed by atoms with van der Waals surface area (Å²) in [5.41, 5.74) is 4.79. The summed E-state index contributed by atoms with van der Waals surface area (Å²) in [6.07, 6.45) is 7.44. The number of ketones is 1. The van der Waals surface area contributed by atoms with Gasteiger partial charge in [0.2, 0.25) is 0 Å². The lowest BCUT2D eigenvalue weighted by molar-refractivity contribution is -0.154. The normalized spacial score (nSPS) is 15.5. The van der Waals surface area contributed by atoms with Gasteiger partial charge in [-0.25, -0.2) is 4.79 Å². The van der Waals surface area contributed by atoms with E-state index in [4.69, 9.17) is 4.74 Å². The van der Waals surface area contributed by atoms with E-state index >= 15 is 0 Å². The predicted octanol–water partition coefficient (Wildman–Crippen LogP) is 8.00. The van der Waals surface area contributed by atoms with Crippen LogP contribution in [0.15, 0.2) is 78.9 Å². The highest BCUT2D eigenvalue weighted by atomic mass is 16.5. The molecule has 1 aliphatic carbocycles. The van der Waals surface area contributed by atoms with Gasteiger partial charge in [0.25, 0.3) is 0 Å². The van der Waals surface area contributed by atoms with Crippen LogP contribution < -0.4 is 5.32 Å². The Morgan fingerprint density at radius 3 is 2.11 bits per heavy atom. The van der Waals surface area contributed by atoms with Gasteiger partial charge in [0.1, 0.15) is 6.10 Å². The van der Waals surface area contributed by atoms with Gasteiger partial charge in [0, 0.05) is 17.7 Å². The number of anilines is 1. The van der Waals surface area contributed by atoms with Crippen LogP contribution in [0.1, 0.15) is 84.5 Å². The third-order valence-electron chi connectivity index (χ3n) is 7.57. The average molecular weight is 498 g/mol. The van der Waals surface area contributed by atoms with Gasteiger partial charge in [-0.15, -0.1) is 0 Å². The first-order valence-corrected chi connectivity index (χ1v) is 13.7. The van der Waals surface area contributed by atoms with Gasteiger partial charge in [-0.05, 0) is 62.1 Å². The summed E-state index contributed by atoms with van der Waals surface area (Å²) in [5, 5.41) is 3.51. The molecule has 2 atom stereocenters. The van der Waals surface area contributed by atoms with E-state index in [0.717, 1.165) is 40.8 Å². The fraction of sp³-hybridized carbons (Fsp3) is 0.394. The summed E-state index contributed by atoms with van der Waals surface area (Å²) in [4.78, 5) is 26.5. The minimum absolute atomic E-state index is 0.146. The summed E-state index contributed by atoms with van der Waals surface area (Å²) >= 11 is 0. The van der Waals surface area contributed by atoms with E-state index in [2.05, 4.69) is 31.3 Å². The number of hydrogen-bond donors (Lipinski definition) is 1. The van der Waals surface area contributed by atoms with Crippen LogP contribution in [0.4, 0.5) is 5.69 Å². The minimum Gasteiger partial charge on any atom is -0.460 e. The number of para-hydroxylation sites is 1. The van der Waals surface area contributed by atoms with Gasteiger partial charge in [-0.2, -0.15) is 0 Å². The lowest BCUT2D eigenvalue weighted by Crippen LogP contribution is -2.33. The highest BCUT2D eigenvalue weighted by molar-refractivity contribution is 5.95. The van der Waals surface area contributed by atoms with Gasteiger partial charge < -0.3 is 10.1 Å². The monoisotopic (exact) mass is 497 g/mol. The highest BCUT2D eigenvalue weighted by Crippen LogP contribution is 2.33. The number of rotatable bonds is 11. The predicted molar refractivity (Wildman–Crippen MR) is 150 cm³/mol. The summed E-state index contributed by atoms with van der Waals surface area (Å²) < 4.78 is 6.33. The second kappa shape index (κ2) is 13.2. The van der Waals surface area contributed by atoms with Crippen LogP contribution in [0.2, 0.25) is 0 Å². The van der Waals surface area contributed by atoms with E-state index in [1.807, 2.05) is 66.7 Å². The molecule has 4 rings (SSSR count). The molecule has 0 amide bonds. The highest BCUT2D eigenvalue weighted by Gasteiger charge is 2.31. The Hall–Kier alpha value is -3.40. The number of carbonyl (C=O) groups is 2. The second-order valence-electron chi connectivity index (χ2n) is 10.3. The van der Waals surface area contributed by atoms with Crippen LogP contribution in [0, 0.1) is 19.8 Å². The van der Waals surface area contributed by atoms with E-state index < -0.39 is 6.04 Å². The number of benzene rings is 3. The first-order chi connectivity index (χ1) is 18.0. The number of hydrogen-bond acceptors (Lipinski definition) is 4. The van der Waals surface area contributed by atoms with Crippen molar-refractivity contribution >= 4 is 17.4 Å². The summed E-state index contributed by atoms with van der Waals surface area (Å²) in [7, 11) is 0. The largest absolute Gasteiger partial charge is 0.460 e. The van der Waals surface area contributed by atoms with Crippen LogP contribution in [-0.2, 0) is 9.53 Å². The molecule has 37 heavy (non-hydrogen) atoms. The molecule has 0 saturated heterocycles. The van der Waals surface area contributed by atoms with Crippen LogP contribution >= 0.6 is 0 Å². The van der Waals surface area contributed by atoms with Gasteiger partial charge in [0.05, 0.1) is 0 Å². The number of aryl methyl sites for hydroxylation is 2. The zero-order chi connectivity index (χ0) is 26.0. The fourth-order valence-corrected chi connectivity index (χ4v) is 5.46. The molecule has 3 aromatic rings. The van der Waals surface area contributed by atoms with Gasteiger partial charge in [-0.3, -0.25) is 4.79 Å². The minimum atomic E-state index is -0.599. The quantitative estimate of drug-likeness (QED) is 0.215. The zero-order valence-corrected chi connectivity index (χ0v) is 22.1. The van der Waals surface area contributed by atoms with Crippen molar-refractivity contribution in [2.45, 2.75) is 77.4 Å². The Morgan fingerprint density at radius 1 is 0.838 bits per heavy atom. The first kappa shape index (κ1) is 26.7. The van der Waals surface area contributed by atoms with Crippen molar-refractivity contribution in [2.75, 3.05) is 5.32 Å². The van der Waals surface area contributed by atoms with E-state index in [1.54, 1.807) is 0 Å². The number of Topliss-reactive ketones (excluding diaryl/α,β-unsaturated/α-hetero) is 1. The zero-order valence-electron chi connectivity index (χ0n) is 22.1. The standard InChI is InChI=1S/C33H39NO3/c1-24-14-12-15-25(2)31(24)34-32(28-20-10-5-11-21-28)33(36)37-30(27-18-8-4-9-19-27)23-13-22-29(35)26-16-6-3-7-17-26/h3,5-7,10-12,14-17,20-21,27,30,32,34H,4,8-9,13,18-19,22-23H2,1-2H3/t30-,32?/m0/s1. The van der Waals surface area contributed by atoms with Gasteiger partial charge >= 0.3 is 5.97 Å². The average Bonchev–Trinajstić information content (AvgIpc) is 2.93. The number of carbonyl (C=O) groups excluding carboxylic acids is 2. The van der Waals surface area contributed by atoms with Gasteiger partial charge in [0.15, 0.2) is 11.8 Å². The van der Waals surface area contributed by atoms with E-state index in [-0.39, 0.29) is 17.9 Å². The third kappa shape index (κ3) is 7.31. The molecule has 1 aliphatic rings. The maximum Gasteiger partial charge on any atom is 0.333 e. The molecule has 4 heteroatoms. The molecule has 0 spiro atoms. The molecule has 1 unspecified atom stereocenters. The fourth-order valence-electron chi connectivity index (χ4n) is 5.46. The number of esters is 1. The van der Waals surface area contributed by atoms with E-state index in [0.29, 0.717) is 25.2 Å². The van der Waals surface area contributed by atoms with Crippen LogP contribution in [0.3, 0.4) is 0 Å². The van der Waals surface area contributed by atoms with Crippen molar-refractivity contribution in [1.82, 2.24) is 0 Å². The molecule has 0 aliphatic heterocycles. The van der Waals surface area contributed by atoms with Crippen molar-refractivity contribution < 1.29 is 14.3 Å². The number of ether oxygens (including phenoxy) is 1. The number of nitrogens with one attached hydrogen (secondary N) is 1. The van der Waals surface area contributed by atoms with Gasteiger partial charge in [-0.1, -0.05) is 98.1 Å².